The zero-order valence-corrected chi connectivity index (χ0v) is 74.2. The van der Waals surface area contributed by atoms with Crippen molar-refractivity contribution in [2.75, 3.05) is 0 Å². The van der Waals surface area contributed by atoms with Crippen molar-refractivity contribution in [3.05, 3.63) is 85.4 Å². The number of imidazole rings is 1. The van der Waals surface area contributed by atoms with Crippen LogP contribution in [-0.2, 0) is 44.9 Å². The summed E-state index contributed by atoms with van der Waals surface area (Å²) in [6.45, 7) is 13.8. The Balaban J connectivity index is 0.000000113. The molecule has 0 spiro atoms. The topological polar surface area (TPSA) is 178 Å². The minimum absolute atomic E-state index is 0.0105. The van der Waals surface area contributed by atoms with E-state index in [0.29, 0.717) is 103 Å². The standard InChI is InChI=1S/C26H38O2S.C25H33F3O2S.C25H36O2S.C24H34F2N2O2/c1-3-26(28)13-11-19-17(16-26)6-7-21-20(19)10-12-25(2)22(21)8-9-23(25)24(27)15-18-5-4-14-29-18;1-23-10-8-18-17-9-11-24(30,25(26,27)28)14-15(17)4-5-19(18)20(23)6-7-21(23)22(29)13-16-3-2-12-31-16;1-24(27)11-9-18-16(15-24)5-6-20-19(18)10-12-25(2)21(20)7-8-22(25)23(26)14-17-4-3-13-28-17;1-23-8-6-17-16-7-9-24(30,22(25)26)11-14(16)2-3-18(17)19(23)4-5-20(23)21(29)10-15-12-27-13-28-15/h4-5,14,17,19-23,28H,3,6-13,15-16H2,1-2H3;2-3,12,15,17-21,30H,4-11,13-14H2,1H3;3-4,13,16,18-22,27H,5-12,14-15H2,1-2H3;12-14,16-20,22,30H,2-11H2,1H3,(H,27,28)/t17-,19-,20+,21+,22-,23+,25-,26+;15-,17-,18+,19+,20-,21+,23-,24+;16-,18-,19+,20+,21-,22+,24+,25-;14-,16+,17-,18-,19+,20-,23+,24-/m0001/s1. The first-order valence-electron chi connectivity index (χ1n) is 47.6. The van der Waals surface area contributed by atoms with Gasteiger partial charge in [-0.15, -0.1) is 34.0 Å². The third-order valence-electron chi connectivity index (χ3n) is 39.2. The van der Waals surface area contributed by atoms with Gasteiger partial charge in [-0.2, -0.15) is 13.2 Å². The summed E-state index contributed by atoms with van der Waals surface area (Å²) in [5.41, 5.74) is -3.58. The summed E-state index contributed by atoms with van der Waals surface area (Å²) in [5.74, 6) is 15.0. The predicted octanol–water partition coefficient (Wildman–Crippen LogP) is 23.4. The molecule has 16 aliphatic rings. The summed E-state index contributed by atoms with van der Waals surface area (Å²) in [5, 5.41) is 48.3. The summed E-state index contributed by atoms with van der Waals surface area (Å²) in [6.07, 6.45) is 34.8. The third kappa shape index (κ3) is 16.1. The molecule has 0 unspecified atom stereocenters. The summed E-state index contributed by atoms with van der Waals surface area (Å²) < 4.78 is 67.0. The van der Waals surface area contributed by atoms with Gasteiger partial charge in [-0.25, -0.2) is 13.8 Å². The Morgan fingerprint density at radius 3 is 1.12 bits per heavy atom. The Labute approximate surface area is 713 Å². The lowest BCUT2D eigenvalue weighted by molar-refractivity contribution is -0.282. The van der Waals surface area contributed by atoms with E-state index < -0.39 is 29.4 Å². The molecule has 16 saturated carbocycles. The first-order chi connectivity index (χ1) is 56.2. The van der Waals surface area contributed by atoms with Crippen molar-refractivity contribution >= 4 is 57.1 Å². The molecular formula is C100H141F5N2O8S3. The SMILES string of the molecule is CC[C@@]1(O)CC[C@H]2[C@@H](CC[C@@H]3[C@@H]2CC[C@]2(C)[C@@H](C(=O)Cc4cccs4)CC[C@@H]32)C1.C[C@@]1(O)CC[C@H]2[C@@H](CC[C@@H]3[C@@H]2CC[C@]2(C)[C@@H](C(=O)Cc4cccs4)CC[C@@H]32)C1.C[C@]12CC[C@H]3[C@@H](CC[C@@H]4C[C@@](O)(C(F)F)CC[C@@H]43)[C@@H]1CC[C@@H]2C(=O)Cc1cnc[nH]1.C[C@]12CC[C@H]3[C@@H](CC[C@H]4C[C@@](O)(C(F)(F)F)CC[C@@H]43)[C@@H]1CC[C@@H]2C(=O)Cc1cccs1. The maximum atomic E-state index is 13.4. The fraction of sp³-hybridized carbons (Fsp3) is 0.810. The number of hydrogen-bond acceptors (Lipinski definition) is 12. The molecule has 0 amide bonds. The molecule has 118 heavy (non-hydrogen) atoms. The number of ketones is 4. The van der Waals surface area contributed by atoms with Crippen molar-refractivity contribution < 1.29 is 61.6 Å². The molecule has 16 aliphatic carbocycles. The monoisotopic (exact) mass is 1690 g/mol. The average Bonchev–Trinajstić information content (AvgIpc) is 1.38. The number of rotatable bonds is 14. The zero-order valence-electron chi connectivity index (χ0n) is 71.8. The molecule has 0 radical (unpaired) electrons. The van der Waals surface area contributed by atoms with Crippen LogP contribution in [0.5, 0.6) is 0 Å². The second kappa shape index (κ2) is 33.7. The molecule has 20 rings (SSSR count). The highest BCUT2D eigenvalue weighted by Crippen LogP contribution is 2.71. The number of carbonyl (C=O) groups is 4. The van der Waals surface area contributed by atoms with E-state index in [1.54, 1.807) is 46.5 Å². The van der Waals surface area contributed by atoms with Crippen molar-refractivity contribution in [1.29, 1.82) is 0 Å². The van der Waals surface area contributed by atoms with Crippen LogP contribution in [0.3, 0.4) is 0 Å². The predicted molar refractivity (Wildman–Crippen MR) is 457 cm³/mol. The fourth-order valence-corrected chi connectivity index (χ4v) is 35.7. The van der Waals surface area contributed by atoms with Gasteiger partial charge in [-0.1, -0.05) is 52.8 Å². The third-order valence-corrected chi connectivity index (χ3v) is 41.9. The lowest BCUT2D eigenvalue weighted by Crippen LogP contribution is -2.55. The summed E-state index contributed by atoms with van der Waals surface area (Å²) in [6, 6.07) is 12.4. The molecule has 0 bridgehead atoms. The fourth-order valence-electron chi connectivity index (χ4n) is 33.5. The van der Waals surface area contributed by atoms with Crippen molar-refractivity contribution in [3.63, 3.8) is 0 Å². The van der Waals surface area contributed by atoms with Crippen LogP contribution in [0.25, 0.3) is 0 Å². The van der Waals surface area contributed by atoms with Crippen LogP contribution in [0.2, 0.25) is 0 Å². The van der Waals surface area contributed by atoms with Crippen LogP contribution in [0, 0.1) is 164 Å². The van der Waals surface area contributed by atoms with E-state index in [9.17, 15) is 61.6 Å². The molecular weight excluding hydrogens is 1550 g/mol. The number of halogens is 5. The molecule has 4 aromatic heterocycles. The molecule has 0 aliphatic heterocycles. The van der Waals surface area contributed by atoms with Crippen LogP contribution in [0.1, 0.15) is 299 Å². The first kappa shape index (κ1) is 86.6. The van der Waals surface area contributed by atoms with Gasteiger partial charge in [0.05, 0.1) is 17.5 Å². The quantitative estimate of drug-likeness (QED) is 0.0769. The summed E-state index contributed by atoms with van der Waals surface area (Å²) in [4.78, 5) is 63.5. The van der Waals surface area contributed by atoms with Crippen molar-refractivity contribution in [2.45, 2.75) is 340 Å². The average molecular weight is 1690 g/mol. The summed E-state index contributed by atoms with van der Waals surface area (Å²) in [7, 11) is 0. The molecule has 18 heteroatoms. The van der Waals surface area contributed by atoms with E-state index in [1.807, 2.05) is 24.4 Å². The minimum Gasteiger partial charge on any atom is -0.390 e. The largest absolute Gasteiger partial charge is 0.417 e. The van der Waals surface area contributed by atoms with Gasteiger partial charge in [0.25, 0.3) is 6.43 Å². The van der Waals surface area contributed by atoms with Crippen molar-refractivity contribution in [2.24, 2.45) is 164 Å². The Kier molecular flexibility index (Phi) is 24.7. The van der Waals surface area contributed by atoms with Gasteiger partial charge >= 0.3 is 6.18 Å². The number of aromatic nitrogens is 2. The van der Waals surface area contributed by atoms with E-state index in [1.165, 1.54) is 86.8 Å². The zero-order chi connectivity index (χ0) is 82.9. The van der Waals surface area contributed by atoms with Crippen LogP contribution in [0.4, 0.5) is 22.0 Å². The number of fused-ring (bicyclic) bond motifs is 20. The number of thiophene rings is 3. The van der Waals surface area contributed by atoms with Crippen LogP contribution in [-0.4, -0.2) is 88.5 Å². The molecule has 0 saturated heterocycles. The maximum absolute atomic E-state index is 13.4. The van der Waals surface area contributed by atoms with Crippen LogP contribution < -0.4 is 0 Å². The number of carbonyl (C=O) groups excluding carboxylic acids is 4. The van der Waals surface area contributed by atoms with Gasteiger partial charge in [-0.05, 0) is 419 Å². The molecule has 652 valence electrons. The lowest BCUT2D eigenvalue weighted by Gasteiger charge is -2.57. The molecule has 5 N–H and O–H groups in total. The molecule has 10 nitrogen and oxygen atoms in total. The van der Waals surface area contributed by atoms with Gasteiger partial charge in [0, 0.05) is 75.9 Å². The van der Waals surface area contributed by atoms with E-state index in [-0.39, 0.29) is 88.5 Å². The second-order valence-corrected chi connectivity index (χ2v) is 47.4. The van der Waals surface area contributed by atoms with Crippen molar-refractivity contribution in [3.8, 4) is 0 Å². The number of alkyl halides is 5. The van der Waals surface area contributed by atoms with Gasteiger partial charge in [0.2, 0.25) is 0 Å². The number of hydrogen-bond donors (Lipinski definition) is 5. The van der Waals surface area contributed by atoms with Gasteiger partial charge < -0.3 is 25.4 Å². The van der Waals surface area contributed by atoms with E-state index in [2.05, 4.69) is 79.6 Å². The molecule has 32 atom stereocenters. The van der Waals surface area contributed by atoms with Gasteiger partial charge in [0.15, 0.2) is 5.60 Å². The lowest BCUT2D eigenvalue weighted by atomic mass is 9.48. The second-order valence-electron chi connectivity index (χ2n) is 44.3. The Morgan fingerprint density at radius 1 is 0.415 bits per heavy atom. The van der Waals surface area contributed by atoms with E-state index in [0.717, 1.165) is 198 Å². The molecule has 16 fully saturated rings. The summed E-state index contributed by atoms with van der Waals surface area (Å²) >= 11 is 5.11. The smallest absolute Gasteiger partial charge is 0.390 e. The molecule has 4 aromatic rings. The normalized spacial score (nSPS) is 46.2. The first-order valence-corrected chi connectivity index (χ1v) is 50.3. The van der Waals surface area contributed by atoms with Gasteiger partial charge in [-0.3, -0.25) is 19.2 Å². The number of nitrogens with one attached hydrogen (secondary N) is 1. The number of aliphatic hydroxyl groups is 4. The number of aromatic amines is 1. The maximum Gasteiger partial charge on any atom is 0.417 e. The van der Waals surface area contributed by atoms with Crippen molar-refractivity contribution in [1.82, 2.24) is 9.97 Å². The highest BCUT2D eigenvalue weighted by atomic mass is 32.1. The van der Waals surface area contributed by atoms with Gasteiger partial charge in [0.1, 0.15) is 28.7 Å². The highest BCUT2D eigenvalue weighted by Gasteiger charge is 2.66. The van der Waals surface area contributed by atoms with E-state index >= 15 is 0 Å². The Hall–Kier alpha value is -3.52. The van der Waals surface area contributed by atoms with E-state index in [4.69, 9.17) is 0 Å². The molecule has 4 heterocycles. The Morgan fingerprint density at radius 2 is 0.763 bits per heavy atom. The van der Waals surface area contributed by atoms with Crippen LogP contribution in [0.15, 0.2) is 65.1 Å². The Bertz CT molecular complexity index is 4110. The number of H-pyrrole nitrogens is 1. The molecule has 0 aromatic carbocycles. The number of nitrogens with zero attached hydrogens (tertiary/aromatic N) is 1. The minimum atomic E-state index is -4.53. The highest BCUT2D eigenvalue weighted by molar-refractivity contribution is 7.10. The van der Waals surface area contributed by atoms with Crippen LogP contribution >= 0.6 is 34.0 Å². The number of Topliss-reactive ketones (excluding diaryl/α,β-unsaturated/α-hetero) is 4.